The number of carbonyl (C=O) groups excluding carboxylic acids is 1. The van der Waals surface area contributed by atoms with Crippen LogP contribution in [0.25, 0.3) is 0 Å². The van der Waals surface area contributed by atoms with Gasteiger partial charge in [0.25, 0.3) is 0 Å². The van der Waals surface area contributed by atoms with E-state index in [2.05, 4.69) is 21.2 Å². The molecule has 3 nitrogen and oxygen atoms in total. The third kappa shape index (κ3) is 2.91. The highest BCUT2D eigenvalue weighted by atomic mass is 79.9. The molecule has 0 fully saturated rings. The summed E-state index contributed by atoms with van der Waals surface area (Å²) in [7, 11) is 1.39. The predicted octanol–water partition coefficient (Wildman–Crippen LogP) is 3.84. The molecular formula is C13H12BrNO2S. The van der Waals surface area contributed by atoms with Gasteiger partial charge in [-0.05, 0) is 39.5 Å². The Balaban J connectivity index is 2.26. The van der Waals surface area contributed by atoms with Crippen molar-refractivity contribution in [3.05, 3.63) is 51.1 Å². The molecule has 0 aliphatic rings. The molecule has 0 saturated heterocycles. The molecule has 94 valence electrons. The number of ether oxygens (including phenoxy) is 1. The van der Waals surface area contributed by atoms with Crippen LogP contribution in [0.3, 0.4) is 0 Å². The molecule has 1 aromatic carbocycles. The number of rotatable bonds is 4. The van der Waals surface area contributed by atoms with Crippen molar-refractivity contribution in [3.8, 4) is 0 Å². The molecule has 0 radical (unpaired) electrons. The standard InChI is InChI=1S/C13H12BrNO2S/c1-17-13(16)12(11-7-4-8-18-11)15-10-6-3-2-5-9(10)14/h2-8,12,15H,1H3. The summed E-state index contributed by atoms with van der Waals surface area (Å²) in [4.78, 5) is 12.8. The largest absolute Gasteiger partial charge is 0.467 e. The minimum absolute atomic E-state index is 0.298. The summed E-state index contributed by atoms with van der Waals surface area (Å²) in [5.74, 6) is -0.298. The van der Waals surface area contributed by atoms with Gasteiger partial charge >= 0.3 is 5.97 Å². The maximum atomic E-state index is 11.8. The maximum absolute atomic E-state index is 11.8. The molecule has 2 aromatic rings. The third-order valence-electron chi connectivity index (χ3n) is 2.44. The zero-order chi connectivity index (χ0) is 13.0. The Morgan fingerprint density at radius 2 is 2.11 bits per heavy atom. The number of para-hydroxylation sites is 1. The Morgan fingerprint density at radius 1 is 1.33 bits per heavy atom. The van der Waals surface area contributed by atoms with Gasteiger partial charge in [-0.2, -0.15) is 0 Å². The van der Waals surface area contributed by atoms with Crippen LogP contribution in [0, 0.1) is 0 Å². The van der Waals surface area contributed by atoms with Gasteiger partial charge in [-0.15, -0.1) is 11.3 Å². The van der Waals surface area contributed by atoms with Gasteiger partial charge in [0, 0.05) is 15.0 Å². The van der Waals surface area contributed by atoms with E-state index in [1.807, 2.05) is 41.8 Å². The first-order chi connectivity index (χ1) is 8.72. The van der Waals surface area contributed by atoms with Crippen LogP contribution in [0.4, 0.5) is 5.69 Å². The number of halogens is 1. The van der Waals surface area contributed by atoms with E-state index in [0.717, 1.165) is 15.0 Å². The molecule has 1 unspecified atom stereocenters. The second-order valence-electron chi connectivity index (χ2n) is 3.60. The van der Waals surface area contributed by atoms with Crippen molar-refractivity contribution >= 4 is 38.9 Å². The van der Waals surface area contributed by atoms with Gasteiger partial charge in [0.2, 0.25) is 0 Å². The number of nitrogens with one attached hydrogen (secondary N) is 1. The molecule has 0 spiro atoms. The quantitative estimate of drug-likeness (QED) is 0.868. The zero-order valence-corrected chi connectivity index (χ0v) is 12.1. The minimum atomic E-state index is -0.478. The number of anilines is 1. The van der Waals surface area contributed by atoms with Crippen molar-refractivity contribution in [2.75, 3.05) is 12.4 Å². The van der Waals surface area contributed by atoms with Crippen LogP contribution >= 0.6 is 27.3 Å². The van der Waals surface area contributed by atoms with Gasteiger partial charge in [0.05, 0.1) is 7.11 Å². The summed E-state index contributed by atoms with van der Waals surface area (Å²) < 4.78 is 5.75. The molecule has 1 N–H and O–H groups in total. The highest BCUT2D eigenvalue weighted by molar-refractivity contribution is 9.10. The van der Waals surface area contributed by atoms with Gasteiger partial charge < -0.3 is 10.1 Å². The Kier molecular flexibility index (Phi) is 4.38. The molecular weight excluding hydrogens is 314 g/mol. The second kappa shape index (κ2) is 6.02. The fourth-order valence-electron chi connectivity index (χ4n) is 1.55. The molecule has 0 amide bonds. The first-order valence-electron chi connectivity index (χ1n) is 5.34. The molecule has 1 atom stereocenters. The van der Waals surface area contributed by atoms with Gasteiger partial charge in [-0.25, -0.2) is 4.79 Å². The van der Waals surface area contributed by atoms with Crippen LogP contribution in [-0.2, 0) is 9.53 Å². The van der Waals surface area contributed by atoms with Crippen molar-refractivity contribution in [1.82, 2.24) is 0 Å². The number of methoxy groups -OCH3 is 1. The van der Waals surface area contributed by atoms with Crippen LogP contribution in [-0.4, -0.2) is 13.1 Å². The molecule has 18 heavy (non-hydrogen) atoms. The summed E-state index contributed by atoms with van der Waals surface area (Å²) >= 11 is 4.97. The molecule has 2 rings (SSSR count). The Labute approximate surface area is 118 Å². The van der Waals surface area contributed by atoms with E-state index in [1.54, 1.807) is 0 Å². The van der Waals surface area contributed by atoms with Gasteiger partial charge in [0.15, 0.2) is 6.04 Å². The summed E-state index contributed by atoms with van der Waals surface area (Å²) in [5, 5.41) is 5.13. The smallest absolute Gasteiger partial charge is 0.333 e. The van der Waals surface area contributed by atoms with Crippen LogP contribution in [0.5, 0.6) is 0 Å². The average molecular weight is 326 g/mol. The predicted molar refractivity (Wildman–Crippen MR) is 76.8 cm³/mol. The first kappa shape index (κ1) is 13.1. The van der Waals surface area contributed by atoms with Crippen LogP contribution in [0.2, 0.25) is 0 Å². The lowest BCUT2D eigenvalue weighted by molar-refractivity contribution is -0.141. The normalized spacial score (nSPS) is 11.9. The maximum Gasteiger partial charge on any atom is 0.333 e. The second-order valence-corrected chi connectivity index (χ2v) is 5.43. The number of esters is 1. The fraction of sp³-hybridized carbons (Fsp3) is 0.154. The Morgan fingerprint density at radius 3 is 2.72 bits per heavy atom. The van der Waals surface area contributed by atoms with Gasteiger partial charge in [-0.1, -0.05) is 18.2 Å². The van der Waals surface area contributed by atoms with Crippen molar-refractivity contribution in [2.45, 2.75) is 6.04 Å². The summed E-state index contributed by atoms with van der Waals surface area (Å²) in [6.07, 6.45) is 0. The molecule has 1 heterocycles. The monoisotopic (exact) mass is 325 g/mol. The molecule has 0 aliphatic heterocycles. The number of hydrogen-bond donors (Lipinski definition) is 1. The van der Waals surface area contributed by atoms with Crippen molar-refractivity contribution < 1.29 is 9.53 Å². The van der Waals surface area contributed by atoms with Crippen molar-refractivity contribution in [1.29, 1.82) is 0 Å². The van der Waals surface area contributed by atoms with Crippen LogP contribution in [0.1, 0.15) is 10.9 Å². The van der Waals surface area contributed by atoms with E-state index in [9.17, 15) is 4.79 Å². The molecule has 5 heteroatoms. The van der Waals surface area contributed by atoms with Crippen LogP contribution in [0.15, 0.2) is 46.3 Å². The average Bonchev–Trinajstić information content (AvgIpc) is 2.90. The Hall–Kier alpha value is -1.33. The number of carbonyl (C=O) groups is 1. The number of benzene rings is 1. The lowest BCUT2D eigenvalue weighted by Crippen LogP contribution is -2.21. The topological polar surface area (TPSA) is 38.3 Å². The lowest BCUT2D eigenvalue weighted by Gasteiger charge is -2.17. The fourth-order valence-corrected chi connectivity index (χ4v) is 2.72. The minimum Gasteiger partial charge on any atom is -0.467 e. The van der Waals surface area contributed by atoms with Crippen molar-refractivity contribution in [3.63, 3.8) is 0 Å². The summed E-state index contributed by atoms with van der Waals surface area (Å²) in [5.41, 5.74) is 0.862. The van der Waals surface area contributed by atoms with E-state index in [0.29, 0.717) is 0 Å². The summed E-state index contributed by atoms with van der Waals surface area (Å²) in [6, 6.07) is 11.0. The van der Waals surface area contributed by atoms with Gasteiger partial charge in [-0.3, -0.25) is 0 Å². The molecule has 0 aliphatic carbocycles. The SMILES string of the molecule is COC(=O)C(Nc1ccccc1Br)c1cccs1. The Bertz CT molecular complexity index is 528. The summed E-state index contributed by atoms with van der Waals surface area (Å²) in [6.45, 7) is 0. The van der Waals surface area contributed by atoms with E-state index in [4.69, 9.17) is 4.74 Å². The lowest BCUT2D eigenvalue weighted by atomic mass is 10.2. The zero-order valence-electron chi connectivity index (χ0n) is 9.72. The highest BCUT2D eigenvalue weighted by Gasteiger charge is 2.22. The highest BCUT2D eigenvalue weighted by Crippen LogP contribution is 2.28. The number of hydrogen-bond acceptors (Lipinski definition) is 4. The van der Waals surface area contributed by atoms with Gasteiger partial charge in [0.1, 0.15) is 0 Å². The van der Waals surface area contributed by atoms with Crippen molar-refractivity contribution in [2.24, 2.45) is 0 Å². The van der Waals surface area contributed by atoms with E-state index in [-0.39, 0.29) is 5.97 Å². The van der Waals surface area contributed by atoms with E-state index < -0.39 is 6.04 Å². The first-order valence-corrected chi connectivity index (χ1v) is 7.02. The molecule has 0 bridgehead atoms. The molecule has 1 aromatic heterocycles. The molecule has 0 saturated carbocycles. The van der Waals surface area contributed by atoms with E-state index >= 15 is 0 Å². The van der Waals surface area contributed by atoms with E-state index in [1.165, 1.54) is 18.4 Å². The third-order valence-corrected chi connectivity index (χ3v) is 4.07. The van der Waals surface area contributed by atoms with Crippen LogP contribution < -0.4 is 5.32 Å². The number of thiophene rings is 1.